The van der Waals surface area contributed by atoms with E-state index in [0.717, 1.165) is 31.6 Å². The molecule has 3 heterocycles. The summed E-state index contributed by atoms with van der Waals surface area (Å²) in [5.41, 5.74) is 5.08. The number of rotatable bonds is 8. The minimum Gasteiger partial charge on any atom is -0.361 e. The summed E-state index contributed by atoms with van der Waals surface area (Å²) in [4.78, 5) is 8.66. The lowest BCUT2D eigenvalue weighted by Gasteiger charge is -2.31. The van der Waals surface area contributed by atoms with Gasteiger partial charge in [-0.05, 0) is 62.6 Å². The summed E-state index contributed by atoms with van der Waals surface area (Å²) in [5.74, 6) is 0. The van der Waals surface area contributed by atoms with Crippen molar-refractivity contribution >= 4 is 10.9 Å². The fourth-order valence-corrected chi connectivity index (χ4v) is 5.14. The summed E-state index contributed by atoms with van der Waals surface area (Å²) in [5, 5.41) is 9.15. The van der Waals surface area contributed by atoms with Crippen molar-refractivity contribution in [1.82, 2.24) is 29.5 Å². The van der Waals surface area contributed by atoms with E-state index in [9.17, 15) is 0 Å². The van der Waals surface area contributed by atoms with Crippen LogP contribution in [-0.2, 0) is 12.8 Å². The summed E-state index contributed by atoms with van der Waals surface area (Å²) < 4.78 is 1.95. The van der Waals surface area contributed by atoms with E-state index in [0.29, 0.717) is 12.1 Å². The van der Waals surface area contributed by atoms with Gasteiger partial charge in [-0.1, -0.05) is 30.3 Å². The second-order valence-electron chi connectivity index (χ2n) is 9.01. The fraction of sp³-hybridized carbons (Fsp3) is 0.385. The maximum Gasteiger partial charge on any atom is 0.123 e. The first-order valence-corrected chi connectivity index (χ1v) is 11.6. The van der Waals surface area contributed by atoms with E-state index in [1.54, 1.807) is 12.7 Å². The summed E-state index contributed by atoms with van der Waals surface area (Å²) in [7, 11) is 2.29. The van der Waals surface area contributed by atoms with Crippen LogP contribution in [-0.4, -0.2) is 68.3 Å². The third-order valence-electron chi connectivity index (χ3n) is 7.14. The lowest BCUT2D eigenvalue weighted by molar-refractivity contribution is 0.178. The molecule has 5 rings (SSSR count). The zero-order chi connectivity index (χ0) is 21.9. The Morgan fingerprint density at radius 1 is 1.06 bits per heavy atom. The molecular formula is C26H32N6. The molecule has 2 atom stereocenters. The first-order chi connectivity index (χ1) is 15.7. The van der Waals surface area contributed by atoms with Crippen LogP contribution in [0.1, 0.15) is 24.5 Å². The van der Waals surface area contributed by atoms with Crippen molar-refractivity contribution in [1.29, 1.82) is 0 Å². The summed E-state index contributed by atoms with van der Waals surface area (Å²) in [6, 6.07) is 18.5. The van der Waals surface area contributed by atoms with Crippen LogP contribution in [0.3, 0.4) is 0 Å². The Balaban J connectivity index is 1.20. The predicted octanol–water partition coefficient (Wildman–Crippen LogP) is 3.93. The lowest BCUT2D eigenvalue weighted by atomic mass is 10.1. The Morgan fingerprint density at radius 2 is 1.88 bits per heavy atom. The molecule has 2 aromatic carbocycles. The molecule has 6 nitrogen and oxygen atoms in total. The molecule has 0 aliphatic carbocycles. The first-order valence-electron chi connectivity index (χ1n) is 11.6. The predicted molar refractivity (Wildman–Crippen MR) is 129 cm³/mol. The average molecular weight is 429 g/mol. The van der Waals surface area contributed by atoms with Crippen LogP contribution >= 0.6 is 0 Å². The van der Waals surface area contributed by atoms with Crippen LogP contribution in [0, 0.1) is 0 Å². The van der Waals surface area contributed by atoms with E-state index in [-0.39, 0.29) is 0 Å². The molecule has 1 fully saturated rings. The molecule has 166 valence electrons. The number of benzene rings is 2. The second kappa shape index (κ2) is 9.27. The van der Waals surface area contributed by atoms with Crippen molar-refractivity contribution in [3.05, 3.63) is 78.5 Å². The topological polar surface area (TPSA) is 53.0 Å². The highest BCUT2D eigenvalue weighted by Crippen LogP contribution is 2.25. The van der Waals surface area contributed by atoms with Gasteiger partial charge >= 0.3 is 0 Å². The molecule has 4 aromatic rings. The van der Waals surface area contributed by atoms with Gasteiger partial charge in [-0.15, -0.1) is 10.2 Å². The SMILES string of the molecule is CC1[C@@H](N(C)CCc2ccccc2)CCN1CCc1c[nH]c2ccc(-n3cnnc3)cc12. The van der Waals surface area contributed by atoms with Crippen LogP contribution in [0.25, 0.3) is 16.6 Å². The molecule has 1 saturated heterocycles. The summed E-state index contributed by atoms with van der Waals surface area (Å²) >= 11 is 0. The van der Waals surface area contributed by atoms with Gasteiger partial charge < -0.3 is 9.88 Å². The molecule has 0 radical (unpaired) electrons. The zero-order valence-corrected chi connectivity index (χ0v) is 19.0. The molecular weight excluding hydrogens is 396 g/mol. The highest BCUT2D eigenvalue weighted by atomic mass is 15.3. The monoisotopic (exact) mass is 428 g/mol. The maximum atomic E-state index is 3.93. The average Bonchev–Trinajstić information content (AvgIpc) is 3.57. The van der Waals surface area contributed by atoms with Crippen molar-refractivity contribution in [3.63, 3.8) is 0 Å². The molecule has 1 aliphatic heterocycles. The van der Waals surface area contributed by atoms with E-state index >= 15 is 0 Å². The normalized spacial score (nSPS) is 19.3. The number of fused-ring (bicyclic) bond motifs is 1. The number of hydrogen-bond donors (Lipinski definition) is 1. The summed E-state index contributed by atoms with van der Waals surface area (Å²) in [6.45, 7) is 5.78. The number of nitrogens with one attached hydrogen (secondary N) is 1. The van der Waals surface area contributed by atoms with E-state index in [4.69, 9.17) is 0 Å². The molecule has 2 aromatic heterocycles. The second-order valence-corrected chi connectivity index (χ2v) is 9.01. The van der Waals surface area contributed by atoms with Crippen LogP contribution in [0.15, 0.2) is 67.4 Å². The van der Waals surface area contributed by atoms with Gasteiger partial charge in [0.25, 0.3) is 0 Å². The van der Waals surface area contributed by atoms with E-state index < -0.39 is 0 Å². The summed E-state index contributed by atoms with van der Waals surface area (Å²) in [6.07, 6.45) is 9.08. The van der Waals surface area contributed by atoms with Gasteiger partial charge in [0, 0.05) is 54.5 Å². The van der Waals surface area contributed by atoms with Gasteiger partial charge in [0.15, 0.2) is 0 Å². The van der Waals surface area contributed by atoms with Crippen molar-refractivity contribution in [2.75, 3.05) is 26.7 Å². The number of hydrogen-bond acceptors (Lipinski definition) is 4. The Morgan fingerprint density at radius 3 is 2.69 bits per heavy atom. The van der Waals surface area contributed by atoms with Crippen LogP contribution in [0.4, 0.5) is 0 Å². The quantitative estimate of drug-likeness (QED) is 0.462. The molecule has 1 aliphatic rings. The molecule has 6 heteroatoms. The highest BCUT2D eigenvalue weighted by Gasteiger charge is 2.32. The molecule has 0 amide bonds. The van der Waals surface area contributed by atoms with Crippen molar-refractivity contribution in [3.8, 4) is 5.69 Å². The Hall–Kier alpha value is -2.96. The van der Waals surface area contributed by atoms with Gasteiger partial charge in [-0.3, -0.25) is 9.47 Å². The number of likely N-dealkylation sites (N-methyl/N-ethyl adjacent to an activating group) is 1. The highest BCUT2D eigenvalue weighted by molar-refractivity contribution is 5.85. The molecule has 0 spiro atoms. The third-order valence-corrected chi connectivity index (χ3v) is 7.14. The number of aromatic nitrogens is 4. The molecule has 1 unspecified atom stereocenters. The van der Waals surface area contributed by atoms with Crippen molar-refractivity contribution in [2.45, 2.75) is 38.3 Å². The number of likely N-dealkylation sites (tertiary alicyclic amines) is 1. The van der Waals surface area contributed by atoms with E-state index in [2.05, 4.69) is 93.7 Å². The van der Waals surface area contributed by atoms with Crippen LogP contribution in [0.2, 0.25) is 0 Å². The molecule has 0 saturated carbocycles. The van der Waals surface area contributed by atoms with Gasteiger partial charge in [0.2, 0.25) is 0 Å². The zero-order valence-electron chi connectivity index (χ0n) is 19.0. The Kier molecular flexibility index (Phi) is 6.06. The largest absolute Gasteiger partial charge is 0.361 e. The minimum atomic E-state index is 0.577. The van der Waals surface area contributed by atoms with E-state index in [1.807, 2.05) is 4.57 Å². The number of H-pyrrole nitrogens is 1. The third kappa shape index (κ3) is 4.33. The van der Waals surface area contributed by atoms with Crippen molar-refractivity contribution in [2.24, 2.45) is 0 Å². The lowest BCUT2D eigenvalue weighted by Crippen LogP contribution is -2.42. The standard InChI is InChI=1S/C26H32N6/c1-20-26(30(2)13-10-21-6-4-3-5-7-21)12-15-31(20)14-11-22-17-27-25-9-8-23(16-24(22)25)32-18-28-29-19-32/h3-9,16-20,26-27H,10-15H2,1-2H3/t20?,26-/m0/s1. The fourth-order valence-electron chi connectivity index (χ4n) is 5.14. The van der Waals surface area contributed by atoms with E-state index in [1.165, 1.54) is 35.0 Å². The maximum absolute atomic E-state index is 3.93. The first kappa shape index (κ1) is 20.9. The number of aromatic amines is 1. The Labute approximate surface area is 189 Å². The smallest absolute Gasteiger partial charge is 0.123 e. The van der Waals surface area contributed by atoms with Crippen LogP contribution < -0.4 is 0 Å². The van der Waals surface area contributed by atoms with Crippen molar-refractivity contribution < 1.29 is 0 Å². The van der Waals surface area contributed by atoms with Gasteiger partial charge in [0.1, 0.15) is 12.7 Å². The van der Waals surface area contributed by atoms with Gasteiger partial charge in [0.05, 0.1) is 0 Å². The number of nitrogens with zero attached hydrogens (tertiary/aromatic N) is 5. The Bertz CT molecular complexity index is 1130. The minimum absolute atomic E-state index is 0.577. The molecule has 0 bridgehead atoms. The molecule has 1 N–H and O–H groups in total. The van der Waals surface area contributed by atoms with Crippen LogP contribution in [0.5, 0.6) is 0 Å². The molecule has 32 heavy (non-hydrogen) atoms. The van der Waals surface area contributed by atoms with Gasteiger partial charge in [-0.2, -0.15) is 0 Å². The van der Waals surface area contributed by atoms with Gasteiger partial charge in [-0.25, -0.2) is 0 Å².